The van der Waals surface area contributed by atoms with Crippen LogP contribution >= 0.6 is 8.46 Å². The van der Waals surface area contributed by atoms with Crippen LogP contribution in [-0.4, -0.2) is 27.8 Å². The summed E-state index contributed by atoms with van der Waals surface area (Å²) in [6.45, 7) is 0. The van der Waals surface area contributed by atoms with Gasteiger partial charge in [-0.2, -0.15) is 0 Å². The number of nitrogens with zero attached hydrogens (tertiary/aromatic N) is 2. The molecule has 6 nitrogen and oxygen atoms in total. The zero-order valence-corrected chi connectivity index (χ0v) is 16.0. The van der Waals surface area contributed by atoms with Gasteiger partial charge in [0.15, 0.2) is 19.5 Å². The number of carbonyl (C=O) groups is 2. The molecule has 3 aromatic rings. The molecule has 1 aliphatic heterocycles. The molecule has 0 saturated heterocycles. The number of oxime groups is 1. The van der Waals surface area contributed by atoms with E-state index in [9.17, 15) is 19.4 Å². The van der Waals surface area contributed by atoms with E-state index < -0.39 is 25.4 Å². The molecule has 0 unspecified atom stereocenters. The average Bonchev–Trinajstić information content (AvgIpc) is 3.04. The molecule has 0 fully saturated rings. The fourth-order valence-electron chi connectivity index (χ4n) is 3.59. The summed E-state index contributed by atoms with van der Waals surface area (Å²) in [7, 11) is -0.467. The van der Waals surface area contributed by atoms with E-state index in [4.69, 9.17) is 0 Å². The van der Waals surface area contributed by atoms with Crippen LogP contribution in [0.2, 0.25) is 0 Å². The minimum absolute atomic E-state index is 0.205. The second-order valence-corrected chi connectivity index (χ2v) is 7.30. The Bertz CT molecular complexity index is 1060. The van der Waals surface area contributed by atoms with Gasteiger partial charge in [0.05, 0.1) is 11.1 Å². The van der Waals surface area contributed by atoms with E-state index in [1.807, 2.05) is 0 Å². The summed E-state index contributed by atoms with van der Waals surface area (Å²) in [6.07, 6.45) is 0. The lowest BCUT2D eigenvalue weighted by Crippen LogP contribution is -2.47. The number of carbonyl (C=O) groups excluding carboxylic acids is 2. The van der Waals surface area contributed by atoms with Crippen molar-refractivity contribution in [3.05, 3.63) is 107 Å². The van der Waals surface area contributed by atoms with Gasteiger partial charge >= 0.3 is 0 Å². The molecule has 142 valence electrons. The molecule has 1 heterocycles. The molecule has 0 spiro atoms. The monoisotopic (exact) mass is 402 g/mol. The SMILES string of the molecule is O=PC(C(=NO)N1C(=O)c2ccccc2C1=O)(c1ccccc1)c1ccccc1. The van der Waals surface area contributed by atoms with E-state index in [0.717, 1.165) is 4.90 Å². The number of amidine groups is 1. The molecule has 0 aliphatic carbocycles. The Hall–Kier alpha value is -3.63. The molecule has 0 aromatic heterocycles. The maximum Gasteiger partial charge on any atom is 0.267 e. The second kappa shape index (κ2) is 7.41. The largest absolute Gasteiger partial charge is 0.409 e. The topological polar surface area (TPSA) is 87.0 Å². The Morgan fingerprint density at radius 2 is 1.17 bits per heavy atom. The Kier molecular flexibility index (Phi) is 4.79. The molecule has 0 saturated carbocycles. The van der Waals surface area contributed by atoms with Gasteiger partial charge in [0.25, 0.3) is 11.8 Å². The molecule has 2 amide bonds. The molecule has 3 aromatic carbocycles. The normalized spacial score (nSPS) is 14.3. The van der Waals surface area contributed by atoms with Crippen LogP contribution in [0.3, 0.4) is 0 Å². The van der Waals surface area contributed by atoms with Gasteiger partial charge in [-0.05, 0) is 23.3 Å². The van der Waals surface area contributed by atoms with Crippen LogP contribution in [0.15, 0.2) is 90.1 Å². The third kappa shape index (κ3) is 2.77. The van der Waals surface area contributed by atoms with Crippen molar-refractivity contribution < 1.29 is 19.4 Å². The van der Waals surface area contributed by atoms with Gasteiger partial charge in [0.2, 0.25) is 0 Å². The highest BCUT2D eigenvalue weighted by atomic mass is 31.1. The second-order valence-electron chi connectivity index (χ2n) is 6.45. The first-order valence-electron chi connectivity index (χ1n) is 8.81. The van der Waals surface area contributed by atoms with Gasteiger partial charge in [-0.15, -0.1) is 0 Å². The first-order chi connectivity index (χ1) is 14.1. The number of hydrogen-bond acceptors (Lipinski definition) is 5. The summed E-state index contributed by atoms with van der Waals surface area (Å²) in [5, 5.41) is 11.8. The number of rotatable bonds is 4. The highest BCUT2D eigenvalue weighted by Gasteiger charge is 2.51. The van der Waals surface area contributed by atoms with E-state index >= 15 is 0 Å². The molecule has 1 aliphatic rings. The summed E-state index contributed by atoms with van der Waals surface area (Å²) >= 11 is 0. The van der Waals surface area contributed by atoms with Crippen LogP contribution in [0, 0.1) is 0 Å². The molecule has 0 radical (unpaired) electrons. The van der Waals surface area contributed by atoms with Crippen LogP contribution < -0.4 is 0 Å². The predicted molar refractivity (Wildman–Crippen MR) is 107 cm³/mol. The minimum atomic E-state index is -1.56. The van der Waals surface area contributed by atoms with Crippen LogP contribution in [0.5, 0.6) is 0 Å². The first-order valence-corrected chi connectivity index (χ1v) is 9.62. The molecule has 0 bridgehead atoms. The molecule has 0 atom stereocenters. The van der Waals surface area contributed by atoms with Gasteiger partial charge < -0.3 is 5.21 Å². The fourth-order valence-corrected chi connectivity index (χ4v) is 4.33. The number of amides is 2. The summed E-state index contributed by atoms with van der Waals surface area (Å²) in [5.74, 6) is -1.57. The molecule has 29 heavy (non-hydrogen) atoms. The minimum Gasteiger partial charge on any atom is -0.409 e. The van der Waals surface area contributed by atoms with Crippen molar-refractivity contribution in [3.63, 3.8) is 0 Å². The van der Waals surface area contributed by atoms with E-state index in [2.05, 4.69) is 5.16 Å². The van der Waals surface area contributed by atoms with Crippen LogP contribution in [0.1, 0.15) is 31.8 Å². The van der Waals surface area contributed by atoms with Crippen LogP contribution in [0.25, 0.3) is 0 Å². The van der Waals surface area contributed by atoms with Gasteiger partial charge in [-0.1, -0.05) is 78.0 Å². The summed E-state index contributed by atoms with van der Waals surface area (Å²) < 4.78 is 12.7. The van der Waals surface area contributed by atoms with Crippen molar-refractivity contribution in [1.82, 2.24) is 4.90 Å². The number of benzene rings is 3. The number of imide groups is 1. The Labute approximate surface area is 168 Å². The number of fused-ring (bicyclic) bond motifs is 1. The fraction of sp³-hybridized carbons (Fsp3) is 0.0455. The van der Waals surface area contributed by atoms with Gasteiger partial charge in [-0.3, -0.25) is 14.2 Å². The highest BCUT2D eigenvalue weighted by Crippen LogP contribution is 2.45. The van der Waals surface area contributed by atoms with Crippen molar-refractivity contribution in [3.8, 4) is 0 Å². The van der Waals surface area contributed by atoms with E-state index in [-0.39, 0.29) is 17.0 Å². The smallest absolute Gasteiger partial charge is 0.267 e. The van der Waals surface area contributed by atoms with Crippen LogP contribution in [-0.2, 0) is 9.72 Å². The summed E-state index contributed by atoms with van der Waals surface area (Å²) in [4.78, 5) is 26.9. The van der Waals surface area contributed by atoms with Gasteiger partial charge in [0.1, 0.15) is 0 Å². The predicted octanol–water partition coefficient (Wildman–Crippen LogP) is 4.31. The quantitative estimate of drug-likeness (QED) is 0.176. The van der Waals surface area contributed by atoms with E-state index in [0.29, 0.717) is 11.1 Å². The maximum atomic E-state index is 13.0. The van der Waals surface area contributed by atoms with Gasteiger partial charge in [0, 0.05) is 0 Å². The van der Waals surface area contributed by atoms with Crippen LogP contribution in [0.4, 0.5) is 0 Å². The first kappa shape index (κ1) is 18.7. The third-order valence-corrected chi connectivity index (χ3v) is 5.93. The van der Waals surface area contributed by atoms with E-state index in [1.54, 1.807) is 72.8 Å². The Balaban J connectivity index is 1.97. The number of hydrogen-bond donors (Lipinski definition) is 1. The average molecular weight is 402 g/mol. The molecular formula is C22H15N2O4P. The van der Waals surface area contributed by atoms with Crippen molar-refractivity contribution in [2.75, 3.05) is 0 Å². The molecular weight excluding hydrogens is 387 g/mol. The third-order valence-electron chi connectivity index (χ3n) is 4.94. The standard InChI is InChI=1S/C22H15N2O4P/c25-19-17-13-7-8-14-18(17)20(26)24(19)21(23-27)22(29-28,15-9-3-1-4-10-15)16-11-5-2-6-12-16/h1-14,27H. The van der Waals surface area contributed by atoms with Crippen molar-refractivity contribution >= 4 is 26.1 Å². The molecule has 4 rings (SSSR count). The zero-order chi connectivity index (χ0) is 20.4. The lowest BCUT2D eigenvalue weighted by atomic mass is 9.88. The summed E-state index contributed by atoms with van der Waals surface area (Å²) in [6, 6.07) is 23.8. The van der Waals surface area contributed by atoms with Gasteiger partial charge in [-0.25, -0.2) is 4.90 Å². The zero-order valence-electron chi connectivity index (χ0n) is 15.1. The van der Waals surface area contributed by atoms with E-state index in [1.165, 1.54) is 12.1 Å². The van der Waals surface area contributed by atoms with Crippen molar-refractivity contribution in [1.29, 1.82) is 0 Å². The lowest BCUT2D eigenvalue weighted by molar-refractivity contribution is 0.0738. The van der Waals surface area contributed by atoms with Crippen molar-refractivity contribution in [2.24, 2.45) is 5.16 Å². The lowest BCUT2D eigenvalue weighted by Gasteiger charge is -2.32. The Morgan fingerprint density at radius 3 is 1.55 bits per heavy atom. The molecule has 7 heteroatoms. The molecule has 1 N–H and O–H groups in total. The Morgan fingerprint density at radius 1 is 0.759 bits per heavy atom. The van der Waals surface area contributed by atoms with Crippen molar-refractivity contribution in [2.45, 2.75) is 5.16 Å². The highest BCUT2D eigenvalue weighted by molar-refractivity contribution is 7.28. The maximum absolute atomic E-state index is 13.0. The summed E-state index contributed by atoms with van der Waals surface area (Å²) in [5.41, 5.74) is 1.42.